The lowest BCUT2D eigenvalue weighted by molar-refractivity contribution is -0.118. The van der Waals surface area contributed by atoms with Crippen LogP contribution in [0.25, 0.3) is 0 Å². The van der Waals surface area contributed by atoms with E-state index >= 15 is 0 Å². The van der Waals surface area contributed by atoms with E-state index in [1.165, 1.54) is 0 Å². The van der Waals surface area contributed by atoms with Gasteiger partial charge >= 0.3 is 0 Å². The SMILES string of the molecule is CCN1C(=O)CCCc2cc(Nc3ncc(Cl)c(N(c4ccccc4)n4cccn4)n3)c(OC)cc21. The van der Waals surface area contributed by atoms with E-state index in [-0.39, 0.29) is 5.91 Å². The van der Waals surface area contributed by atoms with Crippen molar-refractivity contribution in [3.8, 4) is 5.75 Å². The highest BCUT2D eigenvalue weighted by atomic mass is 35.5. The number of methoxy groups -OCH3 is 1. The van der Waals surface area contributed by atoms with Crippen LogP contribution in [-0.4, -0.2) is 39.4 Å². The number of hydrogen-bond acceptors (Lipinski definition) is 7. The molecule has 1 aliphatic rings. The molecule has 0 radical (unpaired) electrons. The van der Waals surface area contributed by atoms with Crippen LogP contribution < -0.4 is 20.0 Å². The van der Waals surface area contributed by atoms with Crippen LogP contribution in [0.4, 0.5) is 28.8 Å². The van der Waals surface area contributed by atoms with Gasteiger partial charge in [-0.25, -0.2) is 9.99 Å². The molecule has 4 aromatic rings. The number of rotatable bonds is 7. The molecule has 0 saturated carbocycles. The van der Waals surface area contributed by atoms with Gasteiger partial charge in [0.15, 0.2) is 5.82 Å². The minimum absolute atomic E-state index is 0.129. The van der Waals surface area contributed by atoms with Gasteiger partial charge in [-0.05, 0) is 49.6 Å². The second-order valence-electron chi connectivity index (χ2n) is 8.24. The van der Waals surface area contributed by atoms with Gasteiger partial charge < -0.3 is 15.0 Å². The molecule has 2 aromatic heterocycles. The number of aryl methyl sites for hydroxylation is 1. The molecule has 0 unspecified atom stereocenters. The van der Waals surface area contributed by atoms with Crippen LogP contribution in [-0.2, 0) is 11.2 Å². The summed E-state index contributed by atoms with van der Waals surface area (Å²) in [5, 5.41) is 9.84. The Morgan fingerprint density at radius 3 is 2.72 bits per heavy atom. The fourth-order valence-corrected chi connectivity index (χ4v) is 4.52. The minimum Gasteiger partial charge on any atom is -0.494 e. The van der Waals surface area contributed by atoms with Crippen LogP contribution in [0, 0.1) is 0 Å². The Kier molecular flexibility index (Phi) is 6.73. The highest BCUT2D eigenvalue weighted by Crippen LogP contribution is 2.38. The van der Waals surface area contributed by atoms with Crippen LogP contribution in [0.5, 0.6) is 5.75 Å². The van der Waals surface area contributed by atoms with E-state index < -0.39 is 0 Å². The number of anilines is 5. The van der Waals surface area contributed by atoms with Gasteiger partial charge in [0.05, 0.1) is 36.6 Å². The number of nitrogens with zero attached hydrogens (tertiary/aromatic N) is 6. The van der Waals surface area contributed by atoms with Crippen molar-refractivity contribution >= 4 is 46.3 Å². The molecule has 2 aromatic carbocycles. The lowest BCUT2D eigenvalue weighted by atomic mass is 10.1. The maximum absolute atomic E-state index is 12.6. The fourth-order valence-electron chi connectivity index (χ4n) is 4.35. The molecule has 5 rings (SSSR count). The summed E-state index contributed by atoms with van der Waals surface area (Å²) in [5.74, 6) is 1.52. The average Bonchev–Trinajstić information content (AvgIpc) is 3.37. The molecule has 184 valence electrons. The summed E-state index contributed by atoms with van der Waals surface area (Å²) >= 11 is 6.58. The topological polar surface area (TPSA) is 88.4 Å². The number of carbonyl (C=O) groups is 1. The van der Waals surface area contributed by atoms with Crippen LogP contribution in [0.2, 0.25) is 5.02 Å². The third-order valence-corrected chi connectivity index (χ3v) is 6.28. The van der Waals surface area contributed by atoms with Crippen molar-refractivity contribution in [1.29, 1.82) is 0 Å². The zero-order valence-corrected chi connectivity index (χ0v) is 20.8. The van der Waals surface area contributed by atoms with Gasteiger partial charge in [0.2, 0.25) is 11.9 Å². The number of ether oxygens (including phenoxy) is 1. The van der Waals surface area contributed by atoms with Crippen LogP contribution in [0.1, 0.15) is 25.3 Å². The van der Waals surface area contributed by atoms with Gasteiger partial charge in [0.25, 0.3) is 0 Å². The zero-order chi connectivity index (χ0) is 25.1. The molecular weight excluding hydrogens is 478 g/mol. The van der Waals surface area contributed by atoms with E-state index in [9.17, 15) is 4.79 Å². The van der Waals surface area contributed by atoms with Crippen molar-refractivity contribution in [2.45, 2.75) is 26.2 Å². The Hall–Kier alpha value is -4.11. The Balaban J connectivity index is 1.54. The summed E-state index contributed by atoms with van der Waals surface area (Å²) in [6.07, 6.45) is 7.18. The molecule has 3 heterocycles. The van der Waals surface area contributed by atoms with Gasteiger partial charge in [-0.2, -0.15) is 14.9 Å². The number of aromatic nitrogens is 4. The van der Waals surface area contributed by atoms with E-state index in [2.05, 4.69) is 15.4 Å². The van der Waals surface area contributed by atoms with E-state index in [1.54, 1.807) is 29.3 Å². The number of hydrogen-bond donors (Lipinski definition) is 1. The van der Waals surface area contributed by atoms with Gasteiger partial charge in [-0.1, -0.05) is 29.8 Å². The summed E-state index contributed by atoms with van der Waals surface area (Å²) in [5.41, 5.74) is 3.50. The predicted octanol–water partition coefficient (Wildman–Crippen LogP) is 5.37. The summed E-state index contributed by atoms with van der Waals surface area (Å²) in [6.45, 7) is 2.58. The third-order valence-electron chi connectivity index (χ3n) is 6.01. The molecule has 0 saturated heterocycles. The minimum atomic E-state index is 0.129. The lowest BCUT2D eigenvalue weighted by Crippen LogP contribution is -2.29. The molecule has 10 heteroatoms. The predicted molar refractivity (Wildman–Crippen MR) is 140 cm³/mol. The van der Waals surface area contributed by atoms with E-state index in [1.807, 2.05) is 66.6 Å². The first-order chi connectivity index (χ1) is 17.6. The van der Waals surface area contributed by atoms with Gasteiger partial charge in [0.1, 0.15) is 10.8 Å². The number of benzene rings is 2. The number of fused-ring (bicyclic) bond motifs is 1. The number of para-hydroxylation sites is 1. The first kappa shape index (κ1) is 23.6. The van der Waals surface area contributed by atoms with Crippen LogP contribution >= 0.6 is 11.6 Å². The smallest absolute Gasteiger partial charge is 0.229 e. The molecule has 0 aliphatic carbocycles. The molecule has 0 fully saturated rings. The molecule has 1 aliphatic heterocycles. The van der Waals surface area contributed by atoms with Gasteiger partial charge in [-0.3, -0.25) is 4.79 Å². The zero-order valence-electron chi connectivity index (χ0n) is 20.1. The third kappa shape index (κ3) is 4.57. The van der Waals surface area contributed by atoms with Crippen molar-refractivity contribution in [1.82, 2.24) is 19.9 Å². The number of carbonyl (C=O) groups excluding carboxylic acids is 1. The molecule has 0 bridgehead atoms. The second-order valence-corrected chi connectivity index (χ2v) is 8.64. The van der Waals surface area contributed by atoms with Crippen molar-refractivity contribution in [2.24, 2.45) is 0 Å². The average molecular weight is 504 g/mol. The van der Waals surface area contributed by atoms with E-state index in [0.29, 0.717) is 41.2 Å². The van der Waals surface area contributed by atoms with E-state index in [4.69, 9.17) is 21.3 Å². The molecule has 1 amide bonds. The van der Waals surface area contributed by atoms with Crippen molar-refractivity contribution in [3.05, 3.63) is 77.7 Å². The Bertz CT molecular complexity index is 1360. The Morgan fingerprint density at radius 2 is 2.00 bits per heavy atom. The molecule has 0 atom stereocenters. The summed E-state index contributed by atoms with van der Waals surface area (Å²) < 4.78 is 5.68. The highest BCUT2D eigenvalue weighted by Gasteiger charge is 2.24. The van der Waals surface area contributed by atoms with Gasteiger partial charge in [-0.15, -0.1) is 0 Å². The number of amides is 1. The number of nitrogens with one attached hydrogen (secondary N) is 1. The van der Waals surface area contributed by atoms with Crippen molar-refractivity contribution in [3.63, 3.8) is 0 Å². The van der Waals surface area contributed by atoms with Crippen LogP contribution in [0.15, 0.2) is 67.1 Å². The lowest BCUT2D eigenvalue weighted by Gasteiger charge is -2.25. The van der Waals surface area contributed by atoms with Crippen LogP contribution in [0.3, 0.4) is 0 Å². The van der Waals surface area contributed by atoms with Crippen molar-refractivity contribution < 1.29 is 9.53 Å². The summed E-state index contributed by atoms with van der Waals surface area (Å²) in [6, 6.07) is 15.5. The van der Waals surface area contributed by atoms with Crippen molar-refractivity contribution in [2.75, 3.05) is 28.9 Å². The van der Waals surface area contributed by atoms with Gasteiger partial charge in [0, 0.05) is 25.2 Å². The molecule has 1 N–H and O–H groups in total. The number of halogens is 1. The molecule has 0 spiro atoms. The maximum atomic E-state index is 12.6. The standard InChI is InChI=1S/C26H26ClN7O2/c1-3-32-22-16-23(36-2)21(15-18(22)9-7-12-24(32)35)30-26-28-17-20(27)25(31-26)34(33-14-8-13-29-33)19-10-5-4-6-11-19/h4-6,8,10-11,13-17H,3,7,9,12H2,1-2H3,(H,28,30,31). The normalized spacial score (nSPS) is 13.2. The highest BCUT2D eigenvalue weighted by molar-refractivity contribution is 6.33. The Morgan fingerprint density at radius 1 is 1.17 bits per heavy atom. The summed E-state index contributed by atoms with van der Waals surface area (Å²) in [4.78, 5) is 25.2. The molecule has 36 heavy (non-hydrogen) atoms. The van der Waals surface area contributed by atoms with E-state index in [0.717, 1.165) is 29.8 Å². The quantitative estimate of drug-likeness (QED) is 0.362. The molecule has 9 nitrogen and oxygen atoms in total. The Labute approximate surface area is 214 Å². The maximum Gasteiger partial charge on any atom is 0.229 e. The molecular formula is C26H26ClN7O2. The first-order valence-corrected chi connectivity index (χ1v) is 12.1. The monoisotopic (exact) mass is 503 g/mol. The largest absolute Gasteiger partial charge is 0.494 e. The summed E-state index contributed by atoms with van der Waals surface area (Å²) in [7, 11) is 1.60. The second kappa shape index (κ2) is 10.2. The first-order valence-electron chi connectivity index (χ1n) is 11.7. The fraction of sp³-hybridized carbons (Fsp3) is 0.231.